The lowest BCUT2D eigenvalue weighted by Crippen LogP contribution is -2.54. The molecule has 140 valence electrons. The standard InChI is InChI=1S/C19H25N3O4/c23-17(21-22-18(24)20-11-13-4-5-13)19(8-2-1-3-9-19)14-6-7-15-16(10-14)26-12-25-15/h6-7,10,13H,1-5,8-9,11-12H2,(H,21,23)(H2,20,22,24). The van der Waals surface area contributed by atoms with Gasteiger partial charge >= 0.3 is 6.03 Å². The van der Waals surface area contributed by atoms with Crippen LogP contribution in [0.25, 0.3) is 0 Å². The van der Waals surface area contributed by atoms with Crippen LogP contribution in [0.5, 0.6) is 11.5 Å². The molecule has 2 fully saturated rings. The van der Waals surface area contributed by atoms with Gasteiger partial charge in [0.1, 0.15) is 0 Å². The number of benzene rings is 1. The normalized spacial score (nSPS) is 20.3. The molecular formula is C19H25N3O4. The molecule has 2 aliphatic carbocycles. The molecule has 1 heterocycles. The Hall–Kier alpha value is -2.44. The highest BCUT2D eigenvalue weighted by Gasteiger charge is 2.42. The summed E-state index contributed by atoms with van der Waals surface area (Å²) < 4.78 is 10.9. The molecule has 7 nitrogen and oxygen atoms in total. The molecule has 0 bridgehead atoms. The summed E-state index contributed by atoms with van der Waals surface area (Å²) in [7, 11) is 0. The van der Waals surface area contributed by atoms with Crippen LogP contribution in [0.4, 0.5) is 4.79 Å². The second-order valence-corrected chi connectivity index (χ2v) is 7.44. The van der Waals surface area contributed by atoms with Crippen molar-refractivity contribution >= 4 is 11.9 Å². The van der Waals surface area contributed by atoms with Crippen LogP contribution in [0.2, 0.25) is 0 Å². The van der Waals surface area contributed by atoms with E-state index in [-0.39, 0.29) is 18.7 Å². The van der Waals surface area contributed by atoms with Crippen LogP contribution in [0.1, 0.15) is 50.5 Å². The molecule has 4 rings (SSSR count). The summed E-state index contributed by atoms with van der Waals surface area (Å²) in [4.78, 5) is 24.9. The molecular weight excluding hydrogens is 334 g/mol. The molecule has 0 spiro atoms. The number of ether oxygens (including phenoxy) is 2. The van der Waals surface area contributed by atoms with E-state index in [1.807, 2.05) is 18.2 Å². The van der Waals surface area contributed by atoms with Gasteiger partial charge in [-0.25, -0.2) is 10.2 Å². The number of amides is 3. The first kappa shape index (κ1) is 17.0. The number of fused-ring (bicyclic) bond motifs is 1. The Kier molecular flexibility index (Phi) is 4.61. The van der Waals surface area contributed by atoms with E-state index in [0.29, 0.717) is 24.0 Å². The Morgan fingerprint density at radius 2 is 1.81 bits per heavy atom. The zero-order valence-corrected chi connectivity index (χ0v) is 14.8. The summed E-state index contributed by atoms with van der Waals surface area (Å²) in [6, 6.07) is 5.34. The number of hydrazine groups is 1. The van der Waals surface area contributed by atoms with Gasteiger partial charge in [0.25, 0.3) is 0 Å². The highest BCUT2D eigenvalue weighted by atomic mass is 16.7. The van der Waals surface area contributed by atoms with Gasteiger partial charge in [-0.15, -0.1) is 0 Å². The summed E-state index contributed by atoms with van der Waals surface area (Å²) in [5.41, 5.74) is 5.40. The fraction of sp³-hybridized carbons (Fsp3) is 0.579. The van der Waals surface area contributed by atoms with Gasteiger partial charge in [-0.2, -0.15) is 0 Å². The third-order valence-corrected chi connectivity index (χ3v) is 5.60. The maximum atomic E-state index is 13.0. The smallest absolute Gasteiger partial charge is 0.333 e. The largest absolute Gasteiger partial charge is 0.454 e. The Morgan fingerprint density at radius 1 is 1.04 bits per heavy atom. The molecule has 3 aliphatic rings. The number of rotatable bonds is 4. The minimum absolute atomic E-state index is 0.169. The molecule has 3 amide bonds. The SMILES string of the molecule is O=C(NCC1CC1)NNC(=O)C1(c2ccc3c(c2)OCO3)CCCCC1. The van der Waals surface area contributed by atoms with Gasteiger partial charge in [-0.1, -0.05) is 25.3 Å². The Morgan fingerprint density at radius 3 is 2.58 bits per heavy atom. The first-order valence-corrected chi connectivity index (χ1v) is 9.42. The average molecular weight is 359 g/mol. The maximum Gasteiger partial charge on any atom is 0.333 e. The molecule has 7 heteroatoms. The molecule has 1 aliphatic heterocycles. The van der Waals surface area contributed by atoms with Crippen LogP contribution in [0.15, 0.2) is 18.2 Å². The van der Waals surface area contributed by atoms with Crippen LogP contribution in [-0.2, 0) is 10.2 Å². The molecule has 1 aromatic rings. The molecule has 0 unspecified atom stereocenters. The lowest BCUT2D eigenvalue weighted by molar-refractivity contribution is -0.128. The summed E-state index contributed by atoms with van der Waals surface area (Å²) >= 11 is 0. The zero-order chi connectivity index (χ0) is 18.0. The second kappa shape index (κ2) is 7.05. The van der Waals surface area contributed by atoms with E-state index in [0.717, 1.165) is 37.7 Å². The van der Waals surface area contributed by atoms with Crippen molar-refractivity contribution in [3.8, 4) is 11.5 Å². The van der Waals surface area contributed by atoms with E-state index in [9.17, 15) is 9.59 Å². The first-order chi connectivity index (χ1) is 12.7. The Balaban J connectivity index is 1.46. The predicted octanol–water partition coefficient (Wildman–Crippen LogP) is 2.36. The minimum atomic E-state index is -0.650. The Labute approximate surface area is 152 Å². The highest BCUT2D eigenvalue weighted by molar-refractivity contribution is 5.90. The van der Waals surface area contributed by atoms with Crippen molar-refractivity contribution < 1.29 is 19.1 Å². The topological polar surface area (TPSA) is 88.7 Å². The minimum Gasteiger partial charge on any atom is -0.454 e. The van der Waals surface area contributed by atoms with Crippen LogP contribution in [0.3, 0.4) is 0 Å². The predicted molar refractivity (Wildman–Crippen MR) is 94.7 cm³/mol. The van der Waals surface area contributed by atoms with E-state index in [2.05, 4.69) is 16.2 Å². The fourth-order valence-electron chi connectivity index (χ4n) is 3.83. The number of carbonyl (C=O) groups is 2. The van der Waals surface area contributed by atoms with Crippen LogP contribution in [0, 0.1) is 5.92 Å². The average Bonchev–Trinajstić information content (AvgIpc) is 3.39. The number of nitrogens with one attached hydrogen (secondary N) is 3. The van der Waals surface area contributed by atoms with Crippen molar-refractivity contribution in [3.63, 3.8) is 0 Å². The van der Waals surface area contributed by atoms with Crippen LogP contribution in [-0.4, -0.2) is 25.3 Å². The molecule has 0 aromatic heterocycles. The van der Waals surface area contributed by atoms with Gasteiger partial charge in [0.05, 0.1) is 5.41 Å². The lowest BCUT2D eigenvalue weighted by atomic mass is 9.69. The summed E-state index contributed by atoms with van der Waals surface area (Å²) in [5, 5.41) is 2.79. The van der Waals surface area contributed by atoms with Gasteiger partial charge in [0.2, 0.25) is 12.7 Å². The fourth-order valence-corrected chi connectivity index (χ4v) is 3.83. The van der Waals surface area contributed by atoms with Gasteiger partial charge in [0, 0.05) is 6.54 Å². The van der Waals surface area contributed by atoms with Gasteiger partial charge in [-0.05, 0) is 49.3 Å². The first-order valence-electron chi connectivity index (χ1n) is 9.42. The molecule has 0 atom stereocenters. The van der Waals surface area contributed by atoms with Gasteiger partial charge in [0.15, 0.2) is 11.5 Å². The molecule has 0 saturated heterocycles. The van der Waals surface area contributed by atoms with Crippen molar-refractivity contribution in [3.05, 3.63) is 23.8 Å². The highest BCUT2D eigenvalue weighted by Crippen LogP contribution is 2.43. The molecule has 3 N–H and O–H groups in total. The third-order valence-electron chi connectivity index (χ3n) is 5.60. The number of urea groups is 1. The van der Waals surface area contributed by atoms with Crippen molar-refractivity contribution in [2.75, 3.05) is 13.3 Å². The van der Waals surface area contributed by atoms with Gasteiger partial charge in [-0.3, -0.25) is 10.2 Å². The number of hydrogen-bond acceptors (Lipinski definition) is 4. The van der Waals surface area contributed by atoms with Crippen molar-refractivity contribution in [1.82, 2.24) is 16.2 Å². The van der Waals surface area contributed by atoms with E-state index in [1.54, 1.807) is 0 Å². The zero-order valence-electron chi connectivity index (χ0n) is 14.8. The molecule has 0 radical (unpaired) electrons. The van der Waals surface area contributed by atoms with Gasteiger partial charge < -0.3 is 14.8 Å². The molecule has 26 heavy (non-hydrogen) atoms. The summed E-state index contributed by atoms with van der Waals surface area (Å²) in [6.07, 6.45) is 6.92. The quantitative estimate of drug-likeness (QED) is 0.720. The lowest BCUT2D eigenvalue weighted by Gasteiger charge is -2.36. The molecule has 1 aromatic carbocycles. The third kappa shape index (κ3) is 3.43. The molecule has 2 saturated carbocycles. The van der Waals surface area contributed by atoms with E-state index >= 15 is 0 Å². The second-order valence-electron chi connectivity index (χ2n) is 7.44. The van der Waals surface area contributed by atoms with E-state index in [1.165, 1.54) is 12.8 Å². The number of hydrogen-bond donors (Lipinski definition) is 3. The van der Waals surface area contributed by atoms with E-state index in [4.69, 9.17) is 9.47 Å². The number of carbonyl (C=O) groups excluding carboxylic acids is 2. The van der Waals surface area contributed by atoms with Crippen molar-refractivity contribution in [2.45, 2.75) is 50.4 Å². The van der Waals surface area contributed by atoms with Crippen molar-refractivity contribution in [2.24, 2.45) is 5.92 Å². The van der Waals surface area contributed by atoms with E-state index < -0.39 is 5.41 Å². The Bertz CT molecular complexity index is 696. The summed E-state index contributed by atoms with van der Waals surface area (Å²) in [6.45, 7) is 0.871. The monoisotopic (exact) mass is 359 g/mol. The summed E-state index contributed by atoms with van der Waals surface area (Å²) in [5.74, 6) is 1.81. The van der Waals surface area contributed by atoms with Crippen LogP contribution >= 0.6 is 0 Å². The maximum absolute atomic E-state index is 13.0. The van der Waals surface area contributed by atoms with Crippen molar-refractivity contribution in [1.29, 1.82) is 0 Å². The van der Waals surface area contributed by atoms with Crippen LogP contribution < -0.4 is 25.6 Å².